The number of ether oxygens (including phenoxy) is 4. The van der Waals surface area contributed by atoms with Crippen molar-refractivity contribution in [3.05, 3.63) is 95.6 Å². The van der Waals surface area contributed by atoms with Gasteiger partial charge in [-0.2, -0.15) is 0 Å². The fourth-order valence-corrected chi connectivity index (χ4v) is 6.18. The molecule has 1 unspecified atom stereocenters. The molecular formula is C37H48N2O6. The van der Waals surface area contributed by atoms with E-state index in [1.54, 1.807) is 26.2 Å². The fraction of sp³-hybridized carbons (Fsp3) is 0.459. The number of hydrogen-bond acceptors (Lipinski definition) is 7. The molecule has 1 aliphatic rings. The summed E-state index contributed by atoms with van der Waals surface area (Å²) < 4.78 is 22.9. The van der Waals surface area contributed by atoms with E-state index >= 15 is 0 Å². The molecule has 242 valence electrons. The maximum atomic E-state index is 13.6. The van der Waals surface area contributed by atoms with Crippen LogP contribution in [0.3, 0.4) is 0 Å². The lowest BCUT2D eigenvalue weighted by atomic mass is 9.80. The fourth-order valence-electron chi connectivity index (χ4n) is 6.18. The standard InChI is InChI=1S/C37H48N2O6/c1-38-31-26-34(39(27-31)36(41)15-9-6-10-24-42-2)35(40)14-11-25-45-37(28-12-7-5-8-13-28,29-16-20-32(43-3)21-17-29)30-18-22-33(44-4)23-19-30/h5,7-8,12-13,16-23,31,34,38H,6,9-11,14-15,24-27H2,1-4H3/t31-,34?/m1/s1. The molecule has 3 aromatic rings. The molecule has 0 bridgehead atoms. The minimum atomic E-state index is -0.932. The average Bonchev–Trinajstić information content (AvgIpc) is 3.54. The number of Topliss-reactive ketones (excluding diaryl/α,β-unsaturated/α-hetero) is 1. The number of carbonyl (C=O) groups is 2. The van der Waals surface area contributed by atoms with E-state index < -0.39 is 11.6 Å². The second-order valence-corrected chi connectivity index (χ2v) is 11.5. The smallest absolute Gasteiger partial charge is 0.223 e. The Morgan fingerprint density at radius 3 is 1.91 bits per heavy atom. The number of carbonyl (C=O) groups excluding carboxylic acids is 2. The minimum Gasteiger partial charge on any atom is -0.497 e. The zero-order valence-corrected chi connectivity index (χ0v) is 27.1. The van der Waals surface area contributed by atoms with Gasteiger partial charge in [0.05, 0.1) is 20.3 Å². The van der Waals surface area contributed by atoms with Gasteiger partial charge in [0.1, 0.15) is 17.1 Å². The van der Waals surface area contributed by atoms with Crippen molar-refractivity contribution in [3.8, 4) is 11.5 Å². The molecule has 1 N–H and O–H groups in total. The number of nitrogens with zero attached hydrogens (tertiary/aromatic N) is 1. The molecule has 8 nitrogen and oxygen atoms in total. The lowest BCUT2D eigenvalue weighted by Crippen LogP contribution is -2.41. The molecule has 1 fully saturated rings. The van der Waals surface area contributed by atoms with E-state index in [0.717, 1.165) is 47.5 Å². The van der Waals surface area contributed by atoms with Crippen LogP contribution >= 0.6 is 0 Å². The van der Waals surface area contributed by atoms with E-state index in [1.165, 1.54) is 0 Å². The lowest BCUT2D eigenvalue weighted by Gasteiger charge is -2.36. The maximum Gasteiger partial charge on any atom is 0.223 e. The Bertz CT molecular complexity index is 1280. The van der Waals surface area contributed by atoms with Crippen molar-refractivity contribution >= 4 is 11.7 Å². The van der Waals surface area contributed by atoms with Gasteiger partial charge in [0.2, 0.25) is 5.91 Å². The van der Waals surface area contributed by atoms with E-state index in [4.69, 9.17) is 18.9 Å². The molecular weight excluding hydrogens is 568 g/mol. The van der Waals surface area contributed by atoms with Crippen LogP contribution in [0.4, 0.5) is 0 Å². The van der Waals surface area contributed by atoms with Gasteiger partial charge in [-0.1, -0.05) is 61.0 Å². The molecule has 0 aromatic heterocycles. The monoisotopic (exact) mass is 616 g/mol. The Labute approximate surface area is 268 Å². The third kappa shape index (κ3) is 8.51. The summed E-state index contributed by atoms with van der Waals surface area (Å²) in [6.07, 6.45) is 4.62. The van der Waals surface area contributed by atoms with E-state index in [9.17, 15) is 9.59 Å². The quantitative estimate of drug-likeness (QED) is 0.144. The predicted octanol–water partition coefficient (Wildman–Crippen LogP) is 5.76. The van der Waals surface area contributed by atoms with Crippen molar-refractivity contribution in [2.24, 2.45) is 0 Å². The first kappa shape index (κ1) is 34.2. The molecule has 1 amide bonds. The van der Waals surface area contributed by atoms with Gasteiger partial charge in [-0.25, -0.2) is 0 Å². The number of likely N-dealkylation sites (N-methyl/N-ethyl adjacent to an activating group) is 1. The predicted molar refractivity (Wildman–Crippen MR) is 176 cm³/mol. The van der Waals surface area contributed by atoms with Gasteiger partial charge in [0.15, 0.2) is 5.78 Å². The number of benzene rings is 3. The van der Waals surface area contributed by atoms with Gasteiger partial charge >= 0.3 is 0 Å². The minimum absolute atomic E-state index is 0.0573. The van der Waals surface area contributed by atoms with Crippen LogP contribution < -0.4 is 14.8 Å². The SMILES string of the molecule is CN[C@@H]1CC(C(=O)CCCOC(c2ccccc2)(c2ccc(OC)cc2)c2ccc(OC)cc2)N(C(=O)CCCCCOC)C1. The molecule has 0 aliphatic carbocycles. The first-order valence-corrected chi connectivity index (χ1v) is 15.9. The number of ketones is 1. The van der Waals surface area contributed by atoms with Crippen molar-refractivity contribution < 1.29 is 28.5 Å². The molecule has 8 heteroatoms. The zero-order valence-electron chi connectivity index (χ0n) is 27.1. The molecule has 1 saturated heterocycles. The van der Waals surface area contributed by atoms with Crippen LogP contribution in [0, 0.1) is 0 Å². The number of unbranched alkanes of at least 4 members (excludes halogenated alkanes) is 2. The topological polar surface area (TPSA) is 86.3 Å². The summed E-state index contributed by atoms with van der Waals surface area (Å²) in [5.41, 5.74) is 1.93. The normalized spacial score (nSPS) is 16.5. The molecule has 1 heterocycles. The van der Waals surface area contributed by atoms with E-state index in [-0.39, 0.29) is 17.7 Å². The zero-order chi connectivity index (χ0) is 32.1. The molecule has 2 atom stereocenters. The van der Waals surface area contributed by atoms with E-state index in [2.05, 4.69) is 17.4 Å². The Balaban J connectivity index is 1.51. The van der Waals surface area contributed by atoms with Crippen LogP contribution in [0.5, 0.6) is 11.5 Å². The molecule has 0 saturated carbocycles. The molecule has 0 radical (unpaired) electrons. The number of amides is 1. The lowest BCUT2D eigenvalue weighted by molar-refractivity contribution is -0.137. The number of methoxy groups -OCH3 is 3. The van der Waals surface area contributed by atoms with Crippen LogP contribution in [0.1, 0.15) is 61.6 Å². The van der Waals surface area contributed by atoms with Gasteiger partial charge in [-0.15, -0.1) is 0 Å². The van der Waals surface area contributed by atoms with Gasteiger partial charge in [-0.05, 0) is 73.7 Å². The third-order valence-electron chi connectivity index (χ3n) is 8.70. The molecule has 0 spiro atoms. The van der Waals surface area contributed by atoms with Crippen LogP contribution in [-0.2, 0) is 24.7 Å². The molecule has 45 heavy (non-hydrogen) atoms. The van der Waals surface area contributed by atoms with Crippen molar-refractivity contribution in [2.45, 2.75) is 62.6 Å². The van der Waals surface area contributed by atoms with Crippen molar-refractivity contribution in [1.29, 1.82) is 0 Å². The second kappa shape index (κ2) is 17.1. The van der Waals surface area contributed by atoms with Crippen LogP contribution in [0.25, 0.3) is 0 Å². The van der Waals surface area contributed by atoms with Crippen LogP contribution in [0.2, 0.25) is 0 Å². The highest BCUT2D eigenvalue weighted by Crippen LogP contribution is 2.42. The maximum absolute atomic E-state index is 13.6. The first-order chi connectivity index (χ1) is 22.0. The number of nitrogens with one attached hydrogen (secondary N) is 1. The summed E-state index contributed by atoms with van der Waals surface area (Å²) in [6, 6.07) is 25.7. The Kier molecular flexibility index (Phi) is 13.0. The van der Waals surface area contributed by atoms with Crippen LogP contribution in [-0.4, -0.2) is 76.8 Å². The average molecular weight is 617 g/mol. The summed E-state index contributed by atoms with van der Waals surface area (Å²) in [5.74, 6) is 1.66. The Hall–Kier alpha value is -3.72. The van der Waals surface area contributed by atoms with Crippen molar-refractivity contribution in [2.75, 3.05) is 48.1 Å². The largest absolute Gasteiger partial charge is 0.497 e. The highest BCUT2D eigenvalue weighted by atomic mass is 16.5. The van der Waals surface area contributed by atoms with Crippen molar-refractivity contribution in [3.63, 3.8) is 0 Å². The molecule has 4 rings (SSSR count). The first-order valence-electron chi connectivity index (χ1n) is 15.9. The highest BCUT2D eigenvalue weighted by molar-refractivity contribution is 5.89. The second-order valence-electron chi connectivity index (χ2n) is 11.5. The molecule has 1 aliphatic heterocycles. The Morgan fingerprint density at radius 1 is 0.756 bits per heavy atom. The van der Waals surface area contributed by atoms with Crippen molar-refractivity contribution in [1.82, 2.24) is 10.2 Å². The number of hydrogen-bond donors (Lipinski definition) is 1. The Morgan fingerprint density at radius 2 is 1.36 bits per heavy atom. The summed E-state index contributed by atoms with van der Waals surface area (Å²) in [4.78, 5) is 28.5. The number of likely N-dealkylation sites (tertiary alicyclic amines) is 1. The van der Waals surface area contributed by atoms with Gasteiger partial charge in [-0.3, -0.25) is 9.59 Å². The van der Waals surface area contributed by atoms with Gasteiger partial charge in [0.25, 0.3) is 0 Å². The third-order valence-corrected chi connectivity index (χ3v) is 8.70. The van der Waals surface area contributed by atoms with E-state index in [0.29, 0.717) is 45.4 Å². The summed E-state index contributed by atoms with van der Waals surface area (Å²) in [7, 11) is 6.88. The van der Waals surface area contributed by atoms with Gasteiger partial charge < -0.3 is 29.2 Å². The van der Waals surface area contributed by atoms with Crippen LogP contribution in [0.15, 0.2) is 78.9 Å². The summed E-state index contributed by atoms with van der Waals surface area (Å²) in [6.45, 7) is 1.60. The van der Waals surface area contributed by atoms with Gasteiger partial charge in [0, 0.05) is 45.8 Å². The summed E-state index contributed by atoms with van der Waals surface area (Å²) >= 11 is 0. The van der Waals surface area contributed by atoms with E-state index in [1.807, 2.05) is 73.8 Å². The highest BCUT2D eigenvalue weighted by Gasteiger charge is 2.40. The number of rotatable bonds is 18. The molecule has 3 aromatic carbocycles. The summed E-state index contributed by atoms with van der Waals surface area (Å²) in [5, 5.41) is 3.27.